The molecule has 0 aliphatic heterocycles. The molecule has 0 saturated carbocycles. The van der Waals surface area contributed by atoms with Crippen LogP contribution in [0.3, 0.4) is 0 Å². The van der Waals surface area contributed by atoms with Gasteiger partial charge in [-0.3, -0.25) is 9.10 Å². The first-order chi connectivity index (χ1) is 12.3. The van der Waals surface area contributed by atoms with Gasteiger partial charge in [-0.05, 0) is 48.4 Å². The van der Waals surface area contributed by atoms with Gasteiger partial charge in [-0.15, -0.1) is 0 Å². The van der Waals surface area contributed by atoms with Gasteiger partial charge in [0.15, 0.2) is 0 Å². The van der Waals surface area contributed by atoms with Gasteiger partial charge in [0.05, 0.1) is 11.9 Å². The number of nitrogens with one attached hydrogen (secondary N) is 1. The number of halogens is 2. The van der Waals surface area contributed by atoms with Crippen molar-refractivity contribution in [2.45, 2.75) is 19.4 Å². The van der Waals surface area contributed by atoms with Crippen LogP contribution >= 0.6 is 11.6 Å². The molecule has 0 bridgehead atoms. The molecule has 2 aromatic carbocycles. The average molecular weight is 399 g/mol. The second kappa shape index (κ2) is 9.00. The Morgan fingerprint density at radius 3 is 2.31 bits per heavy atom. The normalized spacial score (nSPS) is 11.2. The summed E-state index contributed by atoms with van der Waals surface area (Å²) >= 11 is 5.83. The van der Waals surface area contributed by atoms with Crippen molar-refractivity contribution in [3.8, 4) is 0 Å². The molecule has 5 nitrogen and oxygen atoms in total. The third-order valence-corrected chi connectivity index (χ3v) is 5.13. The summed E-state index contributed by atoms with van der Waals surface area (Å²) in [4.78, 5) is 11.9. The zero-order chi connectivity index (χ0) is 19.2. The quantitative estimate of drug-likeness (QED) is 0.741. The number of carbonyl (C=O) groups is 1. The van der Waals surface area contributed by atoms with Crippen molar-refractivity contribution in [1.82, 2.24) is 5.32 Å². The Morgan fingerprint density at radius 1 is 1.12 bits per heavy atom. The number of nitrogens with zero attached hydrogens (tertiary/aromatic N) is 1. The Balaban J connectivity index is 1.85. The first-order valence-corrected chi connectivity index (χ1v) is 10.2. The fourth-order valence-electron chi connectivity index (χ4n) is 2.37. The summed E-state index contributed by atoms with van der Waals surface area (Å²) in [5.74, 6) is -0.526. The maximum atomic E-state index is 12.8. The summed E-state index contributed by atoms with van der Waals surface area (Å²) in [6.45, 7) is 0.483. The fourth-order valence-corrected chi connectivity index (χ4v) is 3.46. The molecular weight excluding hydrogens is 379 g/mol. The lowest BCUT2D eigenvalue weighted by Crippen LogP contribution is -2.32. The van der Waals surface area contributed by atoms with Gasteiger partial charge in [-0.25, -0.2) is 12.8 Å². The molecule has 8 heteroatoms. The number of rotatable bonds is 8. The standard InChI is InChI=1S/C18H20ClFN2O3S/c1-26(24,25)22(17-10-6-15(19)7-11-17)12-2-3-18(23)21-13-14-4-8-16(20)9-5-14/h4-11H,2-3,12-13H2,1H3,(H,21,23). The van der Waals surface area contributed by atoms with Crippen LogP contribution in [0.15, 0.2) is 48.5 Å². The topological polar surface area (TPSA) is 66.5 Å². The van der Waals surface area contributed by atoms with E-state index < -0.39 is 10.0 Å². The molecule has 0 aliphatic carbocycles. The molecular formula is C18H20ClFN2O3S. The summed E-state index contributed by atoms with van der Waals surface area (Å²) in [5, 5.41) is 3.25. The van der Waals surface area contributed by atoms with Crippen molar-refractivity contribution < 1.29 is 17.6 Å². The molecule has 1 amide bonds. The largest absolute Gasteiger partial charge is 0.352 e. The number of amides is 1. The third kappa shape index (κ3) is 6.31. The monoisotopic (exact) mass is 398 g/mol. The molecule has 26 heavy (non-hydrogen) atoms. The smallest absolute Gasteiger partial charge is 0.232 e. The van der Waals surface area contributed by atoms with Crippen molar-refractivity contribution in [3.05, 3.63) is 64.9 Å². The molecule has 2 rings (SSSR count). The summed E-state index contributed by atoms with van der Waals surface area (Å²) in [7, 11) is -3.47. The van der Waals surface area contributed by atoms with Crippen molar-refractivity contribution >= 4 is 33.2 Å². The maximum absolute atomic E-state index is 12.8. The number of hydrogen-bond donors (Lipinski definition) is 1. The summed E-state index contributed by atoms with van der Waals surface area (Å²) < 4.78 is 38.1. The highest BCUT2D eigenvalue weighted by Gasteiger charge is 2.17. The van der Waals surface area contributed by atoms with Gasteiger partial charge in [0, 0.05) is 24.5 Å². The van der Waals surface area contributed by atoms with Crippen LogP contribution in [0.2, 0.25) is 5.02 Å². The van der Waals surface area contributed by atoms with E-state index >= 15 is 0 Å². The Hall–Kier alpha value is -2.12. The molecule has 0 atom stereocenters. The fraction of sp³-hybridized carbons (Fsp3) is 0.278. The van der Waals surface area contributed by atoms with Gasteiger partial charge in [0.2, 0.25) is 15.9 Å². The minimum atomic E-state index is -3.47. The number of carbonyl (C=O) groups excluding carboxylic acids is 1. The maximum Gasteiger partial charge on any atom is 0.232 e. The van der Waals surface area contributed by atoms with Gasteiger partial charge in [0.25, 0.3) is 0 Å². The lowest BCUT2D eigenvalue weighted by Gasteiger charge is -2.22. The van der Waals surface area contributed by atoms with Crippen LogP contribution < -0.4 is 9.62 Å². The predicted octanol–water partition coefficient (Wildman–Crippen LogP) is 3.34. The lowest BCUT2D eigenvalue weighted by molar-refractivity contribution is -0.121. The summed E-state index contributed by atoms with van der Waals surface area (Å²) in [6.07, 6.45) is 1.67. The van der Waals surface area contributed by atoms with Crippen LogP contribution in [-0.2, 0) is 21.4 Å². The van der Waals surface area contributed by atoms with Crippen LogP contribution in [0.1, 0.15) is 18.4 Å². The van der Waals surface area contributed by atoms with Crippen LogP contribution in [0.5, 0.6) is 0 Å². The molecule has 0 spiro atoms. The Kier molecular flexibility index (Phi) is 6.99. The van der Waals surface area contributed by atoms with Crippen LogP contribution in [0.25, 0.3) is 0 Å². The number of anilines is 1. The zero-order valence-electron chi connectivity index (χ0n) is 14.3. The molecule has 140 valence electrons. The number of sulfonamides is 1. The van der Waals surface area contributed by atoms with E-state index in [1.54, 1.807) is 36.4 Å². The predicted molar refractivity (Wildman–Crippen MR) is 101 cm³/mol. The average Bonchev–Trinajstić information content (AvgIpc) is 2.58. The van der Waals surface area contributed by atoms with Crippen LogP contribution in [0.4, 0.5) is 10.1 Å². The molecule has 1 N–H and O–H groups in total. The minimum Gasteiger partial charge on any atom is -0.352 e. The SMILES string of the molecule is CS(=O)(=O)N(CCCC(=O)NCc1ccc(F)cc1)c1ccc(Cl)cc1. The third-order valence-electron chi connectivity index (χ3n) is 3.68. The highest BCUT2D eigenvalue weighted by molar-refractivity contribution is 7.92. The summed E-state index contributed by atoms with van der Waals surface area (Å²) in [5.41, 5.74) is 1.29. The van der Waals surface area contributed by atoms with E-state index in [0.29, 0.717) is 23.7 Å². The molecule has 0 heterocycles. The second-order valence-corrected chi connectivity index (χ2v) is 8.16. The first kappa shape index (κ1) is 20.2. The van der Waals surface area contributed by atoms with Crippen molar-refractivity contribution in [3.63, 3.8) is 0 Å². The Bertz CT molecular complexity index is 840. The van der Waals surface area contributed by atoms with E-state index in [9.17, 15) is 17.6 Å². The molecule has 0 unspecified atom stereocenters. The van der Waals surface area contributed by atoms with Gasteiger partial charge in [-0.1, -0.05) is 23.7 Å². The van der Waals surface area contributed by atoms with E-state index in [-0.39, 0.29) is 24.7 Å². The summed E-state index contributed by atoms with van der Waals surface area (Å²) in [6, 6.07) is 12.3. The zero-order valence-corrected chi connectivity index (χ0v) is 15.9. The lowest BCUT2D eigenvalue weighted by atomic mass is 10.2. The highest BCUT2D eigenvalue weighted by Crippen LogP contribution is 2.20. The van der Waals surface area contributed by atoms with Crippen LogP contribution in [0, 0.1) is 5.82 Å². The van der Waals surface area contributed by atoms with Gasteiger partial charge < -0.3 is 5.32 Å². The Morgan fingerprint density at radius 2 is 1.73 bits per heavy atom. The van der Waals surface area contributed by atoms with Gasteiger partial charge in [0.1, 0.15) is 5.82 Å². The number of benzene rings is 2. The molecule has 0 aliphatic rings. The highest BCUT2D eigenvalue weighted by atomic mass is 35.5. The first-order valence-electron chi connectivity index (χ1n) is 8.00. The van der Waals surface area contributed by atoms with E-state index in [1.807, 2.05) is 0 Å². The van der Waals surface area contributed by atoms with Gasteiger partial charge >= 0.3 is 0 Å². The van der Waals surface area contributed by atoms with E-state index in [2.05, 4.69) is 5.32 Å². The van der Waals surface area contributed by atoms with Crippen molar-refractivity contribution in [1.29, 1.82) is 0 Å². The molecule has 0 fully saturated rings. The van der Waals surface area contributed by atoms with E-state index in [0.717, 1.165) is 11.8 Å². The second-order valence-electron chi connectivity index (χ2n) is 5.82. The van der Waals surface area contributed by atoms with Crippen LogP contribution in [-0.4, -0.2) is 27.1 Å². The Labute approximate surface area is 157 Å². The van der Waals surface area contributed by atoms with Gasteiger partial charge in [-0.2, -0.15) is 0 Å². The van der Waals surface area contributed by atoms with Crippen molar-refractivity contribution in [2.75, 3.05) is 17.1 Å². The molecule has 0 radical (unpaired) electrons. The minimum absolute atomic E-state index is 0.181. The molecule has 2 aromatic rings. The molecule has 0 aromatic heterocycles. The van der Waals surface area contributed by atoms with E-state index in [1.165, 1.54) is 16.4 Å². The van der Waals surface area contributed by atoms with Crippen molar-refractivity contribution in [2.24, 2.45) is 0 Å². The molecule has 0 saturated heterocycles. The number of hydrogen-bond acceptors (Lipinski definition) is 3. The van der Waals surface area contributed by atoms with E-state index in [4.69, 9.17) is 11.6 Å².